The van der Waals surface area contributed by atoms with Crippen LogP contribution in [-0.2, 0) is 6.54 Å². The van der Waals surface area contributed by atoms with Crippen molar-refractivity contribution in [2.45, 2.75) is 26.3 Å². The highest BCUT2D eigenvalue weighted by Crippen LogP contribution is 2.21. The third-order valence-corrected chi connectivity index (χ3v) is 4.74. The third-order valence-electron chi connectivity index (χ3n) is 4.24. The molecule has 0 bridgehead atoms. The van der Waals surface area contributed by atoms with Crippen molar-refractivity contribution in [3.63, 3.8) is 0 Å². The Hall–Kier alpha value is -1.46. The minimum Gasteiger partial charge on any atom is -0.476 e. The fraction of sp³-hybridized carbons (Fsp3) is 0.444. The lowest BCUT2D eigenvalue weighted by molar-refractivity contribution is 0.134. The topological polar surface area (TPSA) is 38.2 Å². The summed E-state index contributed by atoms with van der Waals surface area (Å²) in [6.07, 6.45) is 2.35. The smallest absolute Gasteiger partial charge is 0.233 e. The van der Waals surface area contributed by atoms with Gasteiger partial charge in [0, 0.05) is 17.1 Å². The van der Waals surface area contributed by atoms with E-state index in [4.69, 9.17) is 4.74 Å². The summed E-state index contributed by atoms with van der Waals surface area (Å²) >= 11 is 3.54. The predicted molar refractivity (Wildman–Crippen MR) is 94.4 cm³/mol. The second-order valence-corrected chi connectivity index (χ2v) is 7.09. The first-order valence-corrected chi connectivity index (χ1v) is 8.88. The third kappa shape index (κ3) is 5.01. The molecule has 0 aliphatic carbocycles. The van der Waals surface area contributed by atoms with Gasteiger partial charge in [0.05, 0.1) is 12.3 Å². The zero-order valence-corrected chi connectivity index (χ0v) is 15.0. The highest BCUT2D eigenvalue weighted by molar-refractivity contribution is 9.10. The van der Waals surface area contributed by atoms with Gasteiger partial charge in [-0.05, 0) is 62.5 Å². The number of hydrogen-bond acceptors (Lipinski definition) is 4. The highest BCUT2D eigenvalue weighted by atomic mass is 79.9. The van der Waals surface area contributed by atoms with Gasteiger partial charge in [-0.2, -0.15) is 5.10 Å². The molecule has 1 aliphatic heterocycles. The van der Waals surface area contributed by atoms with Gasteiger partial charge in [0.15, 0.2) is 0 Å². The Bertz CT molecular complexity index is 624. The van der Waals surface area contributed by atoms with Crippen molar-refractivity contribution in [1.82, 2.24) is 15.1 Å². The molecule has 1 aromatic heterocycles. The molecule has 2 aromatic rings. The molecular weight excluding hydrogens is 354 g/mol. The van der Waals surface area contributed by atoms with Crippen LogP contribution < -0.4 is 4.74 Å². The average molecular weight is 376 g/mol. The molecule has 0 N–H and O–H groups in total. The first-order valence-electron chi connectivity index (χ1n) is 8.09. The van der Waals surface area contributed by atoms with Crippen molar-refractivity contribution < 1.29 is 4.74 Å². The lowest BCUT2D eigenvalue weighted by Crippen LogP contribution is -2.35. The fourth-order valence-electron chi connectivity index (χ4n) is 2.87. The summed E-state index contributed by atoms with van der Waals surface area (Å²) < 4.78 is 6.92. The first kappa shape index (κ1) is 16.4. The van der Waals surface area contributed by atoms with E-state index in [2.05, 4.69) is 55.3 Å². The number of aromatic nitrogens is 2. The Morgan fingerprint density at radius 1 is 1.17 bits per heavy atom. The van der Waals surface area contributed by atoms with E-state index in [1.54, 1.807) is 0 Å². The number of likely N-dealkylation sites (tertiary alicyclic amines) is 1. The fourth-order valence-corrected chi connectivity index (χ4v) is 3.32. The van der Waals surface area contributed by atoms with E-state index in [9.17, 15) is 0 Å². The molecule has 0 amide bonds. The Kier molecular flexibility index (Phi) is 5.62. The van der Waals surface area contributed by atoms with E-state index in [-0.39, 0.29) is 0 Å². The first-order chi connectivity index (χ1) is 11.2. The summed E-state index contributed by atoms with van der Waals surface area (Å²) in [7, 11) is 0. The van der Waals surface area contributed by atoms with Crippen LogP contribution in [0, 0.1) is 12.8 Å². The molecule has 0 radical (unpaired) electrons. The molecule has 1 saturated heterocycles. The van der Waals surface area contributed by atoms with Crippen LogP contribution in [0.4, 0.5) is 0 Å². The van der Waals surface area contributed by atoms with Crippen LogP contribution >= 0.6 is 15.9 Å². The minimum atomic E-state index is 0.608. The maximum Gasteiger partial charge on any atom is 0.233 e. The van der Waals surface area contributed by atoms with Crippen LogP contribution in [0.5, 0.6) is 5.88 Å². The summed E-state index contributed by atoms with van der Waals surface area (Å²) in [5.74, 6) is 1.24. The van der Waals surface area contributed by atoms with Crippen molar-refractivity contribution in [3.05, 3.63) is 52.1 Å². The Labute approximate surface area is 146 Å². The molecule has 0 atom stereocenters. The molecule has 122 valence electrons. The van der Waals surface area contributed by atoms with Gasteiger partial charge in [0.2, 0.25) is 5.88 Å². The van der Waals surface area contributed by atoms with Gasteiger partial charge in [0.25, 0.3) is 0 Å². The normalized spacial score (nSPS) is 16.4. The molecule has 4 nitrogen and oxygen atoms in total. The second-order valence-electron chi connectivity index (χ2n) is 6.17. The van der Waals surface area contributed by atoms with Crippen LogP contribution in [0.1, 0.15) is 24.1 Å². The molecular formula is C18H22BrN3O. The van der Waals surface area contributed by atoms with Gasteiger partial charge in [-0.25, -0.2) is 0 Å². The largest absolute Gasteiger partial charge is 0.476 e. The summed E-state index contributed by atoms with van der Waals surface area (Å²) in [6, 6.07) is 12.4. The maximum absolute atomic E-state index is 5.77. The van der Waals surface area contributed by atoms with Crippen molar-refractivity contribution >= 4 is 15.9 Å². The minimum absolute atomic E-state index is 0.608. The highest BCUT2D eigenvalue weighted by Gasteiger charge is 2.20. The van der Waals surface area contributed by atoms with Crippen molar-refractivity contribution in [3.8, 4) is 5.88 Å². The summed E-state index contributed by atoms with van der Waals surface area (Å²) in [6.45, 7) is 5.94. The number of rotatable bonds is 5. The summed E-state index contributed by atoms with van der Waals surface area (Å²) in [4.78, 5) is 2.52. The van der Waals surface area contributed by atoms with Gasteiger partial charge < -0.3 is 4.74 Å². The van der Waals surface area contributed by atoms with Crippen molar-refractivity contribution in [2.24, 2.45) is 5.92 Å². The Morgan fingerprint density at radius 2 is 2.00 bits per heavy atom. The Morgan fingerprint density at radius 3 is 2.70 bits per heavy atom. The van der Waals surface area contributed by atoms with E-state index in [0.717, 1.165) is 36.4 Å². The Balaban J connectivity index is 1.42. The second kappa shape index (κ2) is 7.88. The average Bonchev–Trinajstić information content (AvgIpc) is 2.56. The van der Waals surface area contributed by atoms with Crippen LogP contribution in [0.3, 0.4) is 0 Å². The molecule has 0 saturated carbocycles. The SMILES string of the molecule is Cc1ccc(OCC2CCN(Cc3cccc(Br)c3)CC2)nn1. The molecule has 23 heavy (non-hydrogen) atoms. The van der Waals surface area contributed by atoms with Crippen LogP contribution in [0.15, 0.2) is 40.9 Å². The lowest BCUT2D eigenvalue weighted by Gasteiger charge is -2.31. The van der Waals surface area contributed by atoms with Crippen molar-refractivity contribution in [2.75, 3.05) is 19.7 Å². The maximum atomic E-state index is 5.77. The van der Waals surface area contributed by atoms with E-state index in [0.29, 0.717) is 11.8 Å². The van der Waals surface area contributed by atoms with Crippen molar-refractivity contribution in [1.29, 1.82) is 0 Å². The van der Waals surface area contributed by atoms with Gasteiger partial charge in [0.1, 0.15) is 0 Å². The molecule has 0 spiro atoms. The molecule has 5 heteroatoms. The number of aryl methyl sites for hydroxylation is 1. The molecule has 2 heterocycles. The molecule has 1 aliphatic rings. The molecule has 1 aromatic carbocycles. The number of piperidine rings is 1. The lowest BCUT2D eigenvalue weighted by atomic mass is 9.97. The number of halogens is 1. The molecule has 3 rings (SSSR count). The van der Waals surface area contributed by atoms with E-state index in [1.807, 2.05) is 19.1 Å². The monoisotopic (exact) mass is 375 g/mol. The van der Waals surface area contributed by atoms with Gasteiger partial charge in [-0.1, -0.05) is 28.1 Å². The zero-order chi connectivity index (χ0) is 16.1. The van der Waals surface area contributed by atoms with Gasteiger partial charge in [-0.15, -0.1) is 5.10 Å². The predicted octanol–water partition coefficient (Wildman–Crippen LogP) is 3.84. The summed E-state index contributed by atoms with van der Waals surface area (Å²) in [5, 5.41) is 8.08. The molecule has 1 fully saturated rings. The van der Waals surface area contributed by atoms with Gasteiger partial charge >= 0.3 is 0 Å². The summed E-state index contributed by atoms with van der Waals surface area (Å²) in [5.41, 5.74) is 2.28. The number of nitrogens with zero attached hydrogens (tertiary/aromatic N) is 3. The number of ether oxygens (including phenoxy) is 1. The van der Waals surface area contributed by atoms with Crippen LogP contribution in [-0.4, -0.2) is 34.8 Å². The van der Waals surface area contributed by atoms with E-state index in [1.165, 1.54) is 18.4 Å². The van der Waals surface area contributed by atoms with Crippen LogP contribution in [0.2, 0.25) is 0 Å². The van der Waals surface area contributed by atoms with E-state index >= 15 is 0 Å². The van der Waals surface area contributed by atoms with Gasteiger partial charge in [-0.3, -0.25) is 4.90 Å². The zero-order valence-electron chi connectivity index (χ0n) is 13.4. The molecule has 0 unspecified atom stereocenters. The quantitative estimate of drug-likeness (QED) is 0.795. The van der Waals surface area contributed by atoms with Crippen LogP contribution in [0.25, 0.3) is 0 Å². The van der Waals surface area contributed by atoms with E-state index < -0.39 is 0 Å². The number of hydrogen-bond donors (Lipinski definition) is 0. The number of benzene rings is 1. The standard InChI is InChI=1S/C18H22BrN3O/c1-14-5-6-18(21-20-14)23-13-15-7-9-22(10-8-15)12-16-3-2-4-17(19)11-16/h2-6,11,15H,7-10,12-13H2,1H3.